The van der Waals surface area contributed by atoms with E-state index in [1.54, 1.807) is 6.07 Å². The van der Waals surface area contributed by atoms with Gasteiger partial charge in [-0.2, -0.15) is 0 Å². The largest absolute Gasteiger partial charge is 0.481 e. The molecule has 0 fully saturated rings. The Morgan fingerprint density at radius 2 is 2.00 bits per heavy atom. The van der Waals surface area contributed by atoms with Crippen LogP contribution in [0.2, 0.25) is 0 Å². The molecule has 1 atom stereocenters. The molecule has 104 valence electrons. The molecule has 0 radical (unpaired) electrons. The number of rotatable bonds is 6. The number of amides is 1. The number of hydrogen-bond donors (Lipinski definition) is 3. The van der Waals surface area contributed by atoms with Crippen LogP contribution < -0.4 is 5.32 Å². The summed E-state index contributed by atoms with van der Waals surface area (Å²) < 4.78 is 0. The Bertz CT molecular complexity index is 508. The predicted molar refractivity (Wildman–Crippen MR) is 69.6 cm³/mol. The summed E-state index contributed by atoms with van der Waals surface area (Å²) in [7, 11) is 0. The highest BCUT2D eigenvalue weighted by Crippen LogP contribution is 2.22. The Labute approximate surface area is 114 Å². The number of carboxylic acids is 2. The SMILES string of the molecule is CCc1sc(C(=O)NC(CC(=O)O)C(=O)O)cc1C. The molecule has 1 rings (SSSR count). The van der Waals surface area contributed by atoms with E-state index >= 15 is 0 Å². The van der Waals surface area contributed by atoms with Gasteiger partial charge >= 0.3 is 11.9 Å². The van der Waals surface area contributed by atoms with Crippen LogP contribution in [0.1, 0.15) is 33.5 Å². The van der Waals surface area contributed by atoms with E-state index in [1.165, 1.54) is 11.3 Å². The van der Waals surface area contributed by atoms with Crippen molar-refractivity contribution in [2.45, 2.75) is 32.7 Å². The van der Waals surface area contributed by atoms with E-state index in [2.05, 4.69) is 5.32 Å². The number of aliphatic carboxylic acids is 2. The summed E-state index contributed by atoms with van der Waals surface area (Å²) in [5.41, 5.74) is 0.975. The fourth-order valence-electron chi connectivity index (χ4n) is 1.59. The Kier molecular flexibility index (Phi) is 5.05. The molecule has 0 spiro atoms. The van der Waals surface area contributed by atoms with Gasteiger partial charge < -0.3 is 15.5 Å². The lowest BCUT2D eigenvalue weighted by atomic mass is 10.2. The molecule has 1 heterocycles. The maximum absolute atomic E-state index is 11.9. The molecule has 7 heteroatoms. The van der Waals surface area contributed by atoms with E-state index in [1.807, 2.05) is 13.8 Å². The van der Waals surface area contributed by atoms with Crippen LogP contribution in [0.25, 0.3) is 0 Å². The number of nitrogens with one attached hydrogen (secondary N) is 1. The van der Waals surface area contributed by atoms with E-state index < -0.39 is 30.3 Å². The summed E-state index contributed by atoms with van der Waals surface area (Å²) in [5.74, 6) is -3.19. The number of hydrogen-bond acceptors (Lipinski definition) is 4. The molecule has 1 unspecified atom stereocenters. The van der Waals surface area contributed by atoms with E-state index in [0.717, 1.165) is 16.9 Å². The molecule has 3 N–H and O–H groups in total. The minimum absolute atomic E-state index is 0.394. The van der Waals surface area contributed by atoms with Crippen LogP contribution in [0.4, 0.5) is 0 Å². The van der Waals surface area contributed by atoms with Gasteiger partial charge in [0.05, 0.1) is 11.3 Å². The summed E-state index contributed by atoms with van der Waals surface area (Å²) in [5, 5.41) is 19.7. The van der Waals surface area contributed by atoms with Gasteiger partial charge in [0.15, 0.2) is 0 Å². The van der Waals surface area contributed by atoms with Crippen molar-refractivity contribution in [3.05, 3.63) is 21.4 Å². The van der Waals surface area contributed by atoms with Crippen molar-refractivity contribution < 1.29 is 24.6 Å². The van der Waals surface area contributed by atoms with Crippen LogP contribution in [-0.4, -0.2) is 34.1 Å². The molecule has 0 aliphatic heterocycles. The first-order valence-corrected chi connectivity index (χ1v) is 6.51. The highest BCUT2D eigenvalue weighted by molar-refractivity contribution is 7.14. The van der Waals surface area contributed by atoms with Crippen molar-refractivity contribution in [3.8, 4) is 0 Å². The third kappa shape index (κ3) is 4.06. The van der Waals surface area contributed by atoms with Gasteiger partial charge in [-0.1, -0.05) is 6.92 Å². The van der Waals surface area contributed by atoms with Crippen molar-refractivity contribution in [2.24, 2.45) is 0 Å². The lowest BCUT2D eigenvalue weighted by Gasteiger charge is -2.11. The van der Waals surface area contributed by atoms with Crippen LogP contribution in [0.15, 0.2) is 6.07 Å². The number of carbonyl (C=O) groups is 3. The van der Waals surface area contributed by atoms with Gasteiger partial charge in [0.2, 0.25) is 0 Å². The smallest absolute Gasteiger partial charge is 0.326 e. The van der Waals surface area contributed by atoms with Crippen LogP contribution in [0.3, 0.4) is 0 Å². The van der Waals surface area contributed by atoms with Crippen molar-refractivity contribution in [2.75, 3.05) is 0 Å². The first-order chi connectivity index (χ1) is 8.85. The second-order valence-corrected chi connectivity index (χ2v) is 5.17. The molecular weight excluding hydrogens is 270 g/mol. The van der Waals surface area contributed by atoms with Crippen molar-refractivity contribution in [1.82, 2.24) is 5.32 Å². The number of thiophene rings is 1. The number of carbonyl (C=O) groups excluding carboxylic acids is 1. The minimum Gasteiger partial charge on any atom is -0.481 e. The van der Waals surface area contributed by atoms with E-state index in [4.69, 9.17) is 10.2 Å². The molecule has 6 nitrogen and oxygen atoms in total. The average molecular weight is 285 g/mol. The number of carboxylic acid groups (broad SMARTS) is 2. The Morgan fingerprint density at radius 1 is 1.37 bits per heavy atom. The molecule has 0 bridgehead atoms. The molecular formula is C12H15NO5S. The van der Waals surface area contributed by atoms with Gasteiger partial charge in [-0.05, 0) is 25.0 Å². The average Bonchev–Trinajstić information content (AvgIpc) is 2.69. The first kappa shape index (κ1) is 15.2. The quantitative estimate of drug-likeness (QED) is 0.730. The van der Waals surface area contributed by atoms with Crippen LogP contribution in [0, 0.1) is 6.92 Å². The summed E-state index contributed by atoms with van der Waals surface area (Å²) in [6.07, 6.45) is 0.146. The molecule has 19 heavy (non-hydrogen) atoms. The highest BCUT2D eigenvalue weighted by atomic mass is 32.1. The monoisotopic (exact) mass is 285 g/mol. The Morgan fingerprint density at radius 3 is 2.42 bits per heavy atom. The Balaban J connectivity index is 2.81. The lowest BCUT2D eigenvalue weighted by molar-refractivity contribution is -0.145. The third-order valence-corrected chi connectivity index (χ3v) is 3.93. The van der Waals surface area contributed by atoms with Gasteiger partial charge in [-0.15, -0.1) is 11.3 Å². The second-order valence-electron chi connectivity index (χ2n) is 4.03. The summed E-state index contributed by atoms with van der Waals surface area (Å²) in [6.45, 7) is 3.84. The van der Waals surface area contributed by atoms with Gasteiger partial charge in [-0.25, -0.2) is 4.79 Å². The second kappa shape index (κ2) is 6.33. The van der Waals surface area contributed by atoms with Crippen LogP contribution in [-0.2, 0) is 16.0 Å². The highest BCUT2D eigenvalue weighted by Gasteiger charge is 2.24. The molecule has 0 saturated carbocycles. The molecule has 0 aliphatic rings. The van der Waals surface area contributed by atoms with Crippen molar-refractivity contribution >= 4 is 29.2 Å². The van der Waals surface area contributed by atoms with Crippen LogP contribution >= 0.6 is 11.3 Å². The molecule has 0 aliphatic carbocycles. The standard InChI is InChI=1S/C12H15NO5S/c1-3-8-6(2)4-9(19-8)11(16)13-7(12(17)18)5-10(14)15/h4,7H,3,5H2,1-2H3,(H,13,16)(H,14,15)(H,17,18). The number of aryl methyl sites for hydroxylation is 2. The van der Waals surface area contributed by atoms with Crippen molar-refractivity contribution in [3.63, 3.8) is 0 Å². The van der Waals surface area contributed by atoms with Crippen molar-refractivity contribution in [1.29, 1.82) is 0 Å². The normalized spacial score (nSPS) is 11.9. The summed E-state index contributed by atoms with van der Waals surface area (Å²) in [6, 6.07) is 0.260. The Hall–Kier alpha value is -1.89. The topological polar surface area (TPSA) is 104 Å². The van der Waals surface area contributed by atoms with Gasteiger partial charge in [0, 0.05) is 4.88 Å². The maximum atomic E-state index is 11.9. The van der Waals surface area contributed by atoms with Crippen LogP contribution in [0.5, 0.6) is 0 Å². The zero-order valence-corrected chi connectivity index (χ0v) is 11.4. The fourth-order valence-corrected chi connectivity index (χ4v) is 2.60. The van der Waals surface area contributed by atoms with Gasteiger partial charge in [0.1, 0.15) is 6.04 Å². The predicted octanol–water partition coefficient (Wildman–Crippen LogP) is 1.28. The third-order valence-electron chi connectivity index (χ3n) is 2.55. The zero-order chi connectivity index (χ0) is 14.6. The van der Waals surface area contributed by atoms with E-state index in [9.17, 15) is 14.4 Å². The van der Waals surface area contributed by atoms with Gasteiger partial charge in [0.25, 0.3) is 5.91 Å². The van der Waals surface area contributed by atoms with E-state index in [-0.39, 0.29) is 0 Å². The van der Waals surface area contributed by atoms with Gasteiger partial charge in [-0.3, -0.25) is 9.59 Å². The summed E-state index contributed by atoms with van der Waals surface area (Å²) in [4.78, 5) is 34.7. The minimum atomic E-state index is -1.42. The van der Waals surface area contributed by atoms with E-state index in [0.29, 0.717) is 4.88 Å². The zero-order valence-electron chi connectivity index (χ0n) is 10.6. The first-order valence-electron chi connectivity index (χ1n) is 5.69. The molecule has 1 amide bonds. The lowest BCUT2D eigenvalue weighted by Crippen LogP contribution is -2.41. The molecule has 1 aromatic rings. The maximum Gasteiger partial charge on any atom is 0.326 e. The summed E-state index contributed by atoms with van der Waals surface area (Å²) >= 11 is 1.29. The fraction of sp³-hybridized carbons (Fsp3) is 0.417. The molecule has 1 aromatic heterocycles. The molecule has 0 aromatic carbocycles. The molecule has 0 saturated heterocycles.